The molecule has 0 radical (unpaired) electrons. The van der Waals surface area contributed by atoms with E-state index in [-0.39, 0.29) is 17.1 Å². The van der Waals surface area contributed by atoms with Crippen molar-refractivity contribution in [3.8, 4) is 17.2 Å². The third-order valence-corrected chi connectivity index (χ3v) is 2.86. The summed E-state index contributed by atoms with van der Waals surface area (Å²) in [6.07, 6.45) is -1.74. The zero-order valence-electron chi connectivity index (χ0n) is 14.7. The molecule has 142 valence electrons. The Morgan fingerprint density at radius 1 is 0.962 bits per heavy atom. The van der Waals surface area contributed by atoms with E-state index in [2.05, 4.69) is 0 Å². The Labute approximate surface area is 147 Å². The third-order valence-electron chi connectivity index (χ3n) is 2.86. The van der Waals surface area contributed by atoms with Crippen LogP contribution in [0.25, 0.3) is 0 Å². The zero-order valence-corrected chi connectivity index (χ0v) is 14.7. The van der Waals surface area contributed by atoms with E-state index >= 15 is 0 Å². The highest BCUT2D eigenvalue weighted by molar-refractivity contribution is 5.76. The average Bonchev–Trinajstić information content (AvgIpc) is 2.51. The molecule has 0 unspecified atom stereocenters. The molecule has 0 atom stereocenters. The second-order valence-corrected chi connectivity index (χ2v) is 4.78. The number of methoxy groups -OCH3 is 2. The van der Waals surface area contributed by atoms with E-state index in [0.29, 0.717) is 0 Å². The van der Waals surface area contributed by atoms with Crippen LogP contribution in [0.1, 0.15) is 32.6 Å². The first kappa shape index (κ1) is 20.7. The van der Waals surface area contributed by atoms with E-state index in [9.17, 15) is 24.5 Å². The quantitative estimate of drug-likeness (QED) is 0.228. The van der Waals surface area contributed by atoms with Crippen LogP contribution < -0.4 is 14.2 Å². The molecule has 0 aliphatic rings. The molecule has 1 rings (SSSR count). The molecule has 0 saturated heterocycles. The van der Waals surface area contributed by atoms with Gasteiger partial charge in [0.05, 0.1) is 19.1 Å². The van der Waals surface area contributed by atoms with Gasteiger partial charge in [0.25, 0.3) is 6.29 Å². The van der Waals surface area contributed by atoms with Crippen LogP contribution in [-0.2, 0) is 23.9 Å². The zero-order chi connectivity index (χ0) is 20.0. The van der Waals surface area contributed by atoms with Crippen LogP contribution in [0.5, 0.6) is 17.2 Å². The number of carbonyl (C=O) groups is 3. The maximum atomic E-state index is 11.6. The second kappa shape index (κ2) is 8.65. The van der Waals surface area contributed by atoms with Gasteiger partial charge in [-0.15, -0.1) is 0 Å². The Kier molecular flexibility index (Phi) is 6.88. The van der Waals surface area contributed by atoms with Gasteiger partial charge in [0, 0.05) is 26.8 Å². The van der Waals surface area contributed by atoms with Gasteiger partial charge in [0.1, 0.15) is 5.56 Å². The Morgan fingerprint density at radius 3 is 1.85 bits per heavy atom. The maximum Gasteiger partial charge on any atom is 0.325 e. The molecule has 0 spiro atoms. The van der Waals surface area contributed by atoms with Gasteiger partial charge in [-0.3, -0.25) is 24.5 Å². The minimum Gasteiger partial charge on any atom is -0.493 e. The van der Waals surface area contributed by atoms with Gasteiger partial charge < -0.3 is 23.7 Å². The summed E-state index contributed by atoms with van der Waals surface area (Å²) in [6.45, 7) is 3.15. The highest BCUT2D eigenvalue weighted by Crippen LogP contribution is 2.49. The Hall–Kier alpha value is -3.37. The predicted molar refractivity (Wildman–Crippen MR) is 83.8 cm³/mol. The van der Waals surface area contributed by atoms with Crippen LogP contribution in [-0.4, -0.2) is 37.1 Å². The van der Waals surface area contributed by atoms with Crippen LogP contribution in [0.2, 0.25) is 0 Å². The Morgan fingerprint density at radius 2 is 1.50 bits per heavy atom. The van der Waals surface area contributed by atoms with Gasteiger partial charge in [0.15, 0.2) is 5.75 Å². The third kappa shape index (κ3) is 4.82. The molecule has 0 aliphatic heterocycles. The number of ether oxygens (including phenoxy) is 5. The number of hydrogen-bond donors (Lipinski definition) is 0. The molecule has 0 amide bonds. The van der Waals surface area contributed by atoms with Crippen LogP contribution in [0.4, 0.5) is 5.69 Å². The molecule has 0 N–H and O–H groups in total. The molecule has 0 heterocycles. The van der Waals surface area contributed by atoms with Gasteiger partial charge in [-0.2, -0.15) is 0 Å². The maximum absolute atomic E-state index is 11.6. The molecule has 11 heteroatoms. The van der Waals surface area contributed by atoms with Crippen molar-refractivity contribution in [1.82, 2.24) is 0 Å². The lowest BCUT2D eigenvalue weighted by atomic mass is 10.1. The molecular formula is C15H17NO10. The highest BCUT2D eigenvalue weighted by atomic mass is 16.7. The number of nitro groups is 1. The van der Waals surface area contributed by atoms with Gasteiger partial charge in [0.2, 0.25) is 11.5 Å². The summed E-state index contributed by atoms with van der Waals surface area (Å²) in [5, 5.41) is 11.6. The van der Waals surface area contributed by atoms with Crippen molar-refractivity contribution in [3.63, 3.8) is 0 Å². The van der Waals surface area contributed by atoms with Crippen LogP contribution >= 0.6 is 0 Å². The van der Waals surface area contributed by atoms with E-state index in [0.717, 1.165) is 33.9 Å². The van der Waals surface area contributed by atoms with E-state index in [1.54, 1.807) is 0 Å². The van der Waals surface area contributed by atoms with Crippen molar-refractivity contribution in [2.75, 3.05) is 14.2 Å². The van der Waals surface area contributed by atoms with Crippen molar-refractivity contribution in [1.29, 1.82) is 0 Å². The Balaban J connectivity index is 3.78. The minimum absolute atomic E-state index is 0.137. The fourth-order valence-electron chi connectivity index (χ4n) is 2.03. The van der Waals surface area contributed by atoms with Gasteiger partial charge in [-0.1, -0.05) is 0 Å². The first-order valence-electron chi connectivity index (χ1n) is 7.08. The summed E-state index contributed by atoms with van der Waals surface area (Å²) in [5.41, 5.74) is -1.07. The minimum atomic E-state index is -1.74. The first-order valence-corrected chi connectivity index (χ1v) is 7.08. The molecule has 0 aliphatic carbocycles. The van der Waals surface area contributed by atoms with Crippen LogP contribution in [0.15, 0.2) is 6.07 Å². The summed E-state index contributed by atoms with van der Waals surface area (Å²) >= 11 is 0. The Bertz CT molecular complexity index is 726. The largest absolute Gasteiger partial charge is 0.493 e. The van der Waals surface area contributed by atoms with E-state index < -0.39 is 40.6 Å². The molecule has 0 saturated carbocycles. The topological polar surface area (TPSA) is 140 Å². The number of esters is 3. The van der Waals surface area contributed by atoms with E-state index in [1.165, 1.54) is 7.11 Å². The number of hydrogen-bond acceptors (Lipinski definition) is 10. The summed E-state index contributed by atoms with van der Waals surface area (Å²) in [6, 6.07) is 1.05. The predicted octanol–water partition coefficient (Wildman–Crippen LogP) is 1.66. The van der Waals surface area contributed by atoms with Crippen molar-refractivity contribution >= 4 is 23.6 Å². The number of nitro benzene ring substituents is 1. The van der Waals surface area contributed by atoms with Crippen LogP contribution in [0, 0.1) is 10.1 Å². The fraction of sp³-hybridized carbons (Fsp3) is 0.400. The molecular weight excluding hydrogens is 354 g/mol. The van der Waals surface area contributed by atoms with Crippen molar-refractivity contribution in [3.05, 3.63) is 21.7 Å². The summed E-state index contributed by atoms with van der Waals surface area (Å²) in [5.74, 6) is -3.44. The summed E-state index contributed by atoms with van der Waals surface area (Å²) < 4.78 is 24.7. The summed E-state index contributed by atoms with van der Waals surface area (Å²) in [7, 11) is 2.31. The number of rotatable bonds is 7. The molecule has 0 aromatic heterocycles. The van der Waals surface area contributed by atoms with Crippen molar-refractivity contribution < 1.29 is 43.0 Å². The standard InChI is InChI=1S/C15H17NO10/c1-7(17)24-13-11(22-4)6-10(12(16(20)21)14(13)23-5)15(25-8(2)18)26-9(3)19/h6,15H,1-5H3. The highest BCUT2D eigenvalue weighted by Gasteiger charge is 2.36. The second-order valence-electron chi connectivity index (χ2n) is 4.78. The van der Waals surface area contributed by atoms with Gasteiger partial charge in [-0.25, -0.2) is 0 Å². The lowest BCUT2D eigenvalue weighted by molar-refractivity contribution is -0.387. The molecule has 0 bridgehead atoms. The SMILES string of the molecule is COc1cc(C(OC(C)=O)OC(C)=O)c([N+](=O)[O-])c(OC)c1OC(C)=O. The number of nitrogens with zero attached hydrogens (tertiary/aromatic N) is 1. The number of carbonyl (C=O) groups excluding carboxylic acids is 3. The molecule has 1 aromatic carbocycles. The van der Waals surface area contributed by atoms with E-state index in [4.69, 9.17) is 23.7 Å². The van der Waals surface area contributed by atoms with Crippen molar-refractivity contribution in [2.45, 2.75) is 27.1 Å². The molecule has 1 aromatic rings. The van der Waals surface area contributed by atoms with E-state index in [1.807, 2.05) is 0 Å². The van der Waals surface area contributed by atoms with Gasteiger partial charge >= 0.3 is 23.6 Å². The molecule has 0 fully saturated rings. The smallest absolute Gasteiger partial charge is 0.325 e. The first-order chi connectivity index (χ1) is 12.1. The molecule has 11 nitrogen and oxygen atoms in total. The lowest BCUT2D eigenvalue weighted by Gasteiger charge is -2.20. The normalized spacial score (nSPS) is 10.1. The molecule has 26 heavy (non-hydrogen) atoms. The van der Waals surface area contributed by atoms with Crippen molar-refractivity contribution in [2.24, 2.45) is 0 Å². The lowest BCUT2D eigenvalue weighted by Crippen LogP contribution is -2.17. The summed E-state index contributed by atoms with van der Waals surface area (Å²) in [4.78, 5) is 44.6. The van der Waals surface area contributed by atoms with Crippen LogP contribution in [0.3, 0.4) is 0 Å². The fourth-order valence-corrected chi connectivity index (χ4v) is 2.03. The number of benzene rings is 1. The van der Waals surface area contributed by atoms with Gasteiger partial charge in [-0.05, 0) is 0 Å². The average molecular weight is 371 g/mol. The monoisotopic (exact) mass is 371 g/mol.